The maximum absolute atomic E-state index is 11.5. The van der Waals surface area contributed by atoms with Gasteiger partial charge in [0.25, 0.3) is 5.69 Å². The van der Waals surface area contributed by atoms with Crippen LogP contribution in [0.4, 0.5) is 5.69 Å². The maximum Gasteiger partial charge on any atom is 0.269 e. The lowest BCUT2D eigenvalue weighted by Gasteiger charge is -2.10. The highest BCUT2D eigenvalue weighted by Gasteiger charge is 2.27. The van der Waals surface area contributed by atoms with Crippen LogP contribution in [0.1, 0.15) is 12.0 Å². The number of sulfone groups is 1. The Hall–Kier alpha value is -2.26. The van der Waals surface area contributed by atoms with Gasteiger partial charge in [0.05, 0.1) is 22.1 Å². The lowest BCUT2D eigenvalue weighted by atomic mass is 10.1. The molecule has 24 heavy (non-hydrogen) atoms. The lowest BCUT2D eigenvalue weighted by Crippen LogP contribution is -2.29. The van der Waals surface area contributed by atoms with Crippen LogP contribution in [0.25, 0.3) is 11.3 Å². The van der Waals surface area contributed by atoms with E-state index < -0.39 is 14.8 Å². The molecular formula is C15H18N4O4S. The van der Waals surface area contributed by atoms with Crippen molar-refractivity contribution in [3.8, 4) is 11.3 Å². The molecule has 0 bridgehead atoms. The molecule has 0 radical (unpaired) electrons. The van der Waals surface area contributed by atoms with Crippen molar-refractivity contribution < 1.29 is 13.3 Å². The first kappa shape index (κ1) is 16.6. The van der Waals surface area contributed by atoms with E-state index in [-0.39, 0.29) is 23.2 Å². The monoisotopic (exact) mass is 350 g/mol. The molecule has 0 aliphatic carbocycles. The van der Waals surface area contributed by atoms with Gasteiger partial charge in [-0.05, 0) is 18.6 Å². The summed E-state index contributed by atoms with van der Waals surface area (Å²) in [5.74, 6) is 0.396. The van der Waals surface area contributed by atoms with Gasteiger partial charge in [-0.3, -0.25) is 14.8 Å². The Kier molecular flexibility index (Phi) is 4.37. The fourth-order valence-corrected chi connectivity index (χ4v) is 4.57. The normalized spacial score (nSPS) is 19.5. The Morgan fingerprint density at radius 1 is 1.38 bits per heavy atom. The molecule has 128 valence electrons. The van der Waals surface area contributed by atoms with Gasteiger partial charge in [0, 0.05) is 49.1 Å². The number of rotatable bonds is 5. The van der Waals surface area contributed by atoms with Crippen molar-refractivity contribution in [2.24, 2.45) is 7.05 Å². The number of aryl methyl sites for hydroxylation is 1. The third-order valence-corrected chi connectivity index (χ3v) is 5.84. The average molecular weight is 350 g/mol. The van der Waals surface area contributed by atoms with E-state index in [1.807, 2.05) is 6.20 Å². The number of non-ortho nitro benzene ring substituents is 1. The maximum atomic E-state index is 11.5. The molecule has 1 aliphatic heterocycles. The molecule has 0 saturated carbocycles. The summed E-state index contributed by atoms with van der Waals surface area (Å²) in [6.45, 7) is 0.500. The van der Waals surface area contributed by atoms with Crippen LogP contribution in [0, 0.1) is 10.1 Å². The first-order chi connectivity index (χ1) is 11.3. The highest BCUT2D eigenvalue weighted by Crippen LogP contribution is 2.24. The summed E-state index contributed by atoms with van der Waals surface area (Å²) in [6, 6.07) is 6.20. The highest BCUT2D eigenvalue weighted by molar-refractivity contribution is 7.91. The summed E-state index contributed by atoms with van der Waals surface area (Å²) in [5.41, 5.74) is 2.49. The first-order valence-corrected chi connectivity index (χ1v) is 9.37. The quantitative estimate of drug-likeness (QED) is 0.643. The number of hydrogen-bond acceptors (Lipinski definition) is 6. The molecule has 1 N–H and O–H groups in total. The second kappa shape index (κ2) is 6.33. The molecule has 1 atom stereocenters. The van der Waals surface area contributed by atoms with Crippen molar-refractivity contribution in [3.63, 3.8) is 0 Å². The summed E-state index contributed by atoms with van der Waals surface area (Å²) in [4.78, 5) is 10.3. The van der Waals surface area contributed by atoms with Gasteiger partial charge in [-0.15, -0.1) is 0 Å². The van der Waals surface area contributed by atoms with Crippen LogP contribution >= 0.6 is 0 Å². The number of hydrogen-bond donors (Lipinski definition) is 1. The van der Waals surface area contributed by atoms with Crippen LogP contribution in [0.2, 0.25) is 0 Å². The number of nitrogens with one attached hydrogen (secondary N) is 1. The summed E-state index contributed by atoms with van der Waals surface area (Å²) in [5, 5.41) is 18.4. The SMILES string of the molecule is Cn1cc(CNC2CCS(=O)(=O)C2)c(-c2ccc([N+](=O)[O-])cc2)n1. The van der Waals surface area contributed by atoms with Gasteiger partial charge in [-0.2, -0.15) is 5.10 Å². The molecule has 8 nitrogen and oxygen atoms in total. The largest absolute Gasteiger partial charge is 0.309 e. The standard InChI is InChI=1S/C15H18N4O4S/c1-18-9-12(8-16-13-6-7-24(22,23)10-13)15(17-18)11-2-4-14(5-3-11)19(20)21/h2-5,9,13,16H,6-8,10H2,1H3. The van der Waals surface area contributed by atoms with E-state index in [9.17, 15) is 18.5 Å². The van der Waals surface area contributed by atoms with Crippen LogP contribution in [-0.4, -0.2) is 40.7 Å². The molecule has 1 aromatic heterocycles. The molecule has 1 aromatic carbocycles. The third-order valence-electron chi connectivity index (χ3n) is 4.07. The van der Waals surface area contributed by atoms with Crippen LogP contribution in [-0.2, 0) is 23.4 Å². The fourth-order valence-electron chi connectivity index (χ4n) is 2.86. The molecule has 2 aromatic rings. The number of nitro groups is 1. The highest BCUT2D eigenvalue weighted by atomic mass is 32.2. The first-order valence-electron chi connectivity index (χ1n) is 7.55. The Morgan fingerprint density at radius 3 is 2.67 bits per heavy atom. The van der Waals surface area contributed by atoms with Crippen molar-refractivity contribution in [3.05, 3.63) is 46.1 Å². The lowest BCUT2D eigenvalue weighted by molar-refractivity contribution is -0.384. The van der Waals surface area contributed by atoms with Crippen molar-refractivity contribution in [1.29, 1.82) is 0 Å². The Labute approximate surface area is 139 Å². The van der Waals surface area contributed by atoms with Crippen molar-refractivity contribution in [1.82, 2.24) is 15.1 Å². The molecule has 0 spiro atoms. The van der Waals surface area contributed by atoms with E-state index in [0.29, 0.717) is 13.0 Å². The van der Waals surface area contributed by atoms with Gasteiger partial charge in [0.2, 0.25) is 0 Å². The molecule has 1 saturated heterocycles. The minimum atomic E-state index is -2.92. The van der Waals surface area contributed by atoms with Gasteiger partial charge in [-0.1, -0.05) is 0 Å². The number of aromatic nitrogens is 2. The zero-order chi connectivity index (χ0) is 17.3. The van der Waals surface area contributed by atoms with E-state index in [1.165, 1.54) is 12.1 Å². The molecule has 1 aliphatic rings. The molecule has 9 heteroatoms. The van der Waals surface area contributed by atoms with Crippen LogP contribution in [0.3, 0.4) is 0 Å². The average Bonchev–Trinajstić information content (AvgIpc) is 3.07. The fraction of sp³-hybridized carbons (Fsp3) is 0.400. The molecule has 0 amide bonds. The van der Waals surface area contributed by atoms with Crippen LogP contribution in [0.15, 0.2) is 30.5 Å². The summed E-state index contributed by atoms with van der Waals surface area (Å²) < 4.78 is 24.7. The van der Waals surface area contributed by atoms with Crippen LogP contribution < -0.4 is 5.32 Å². The summed E-state index contributed by atoms with van der Waals surface area (Å²) in [6.07, 6.45) is 2.49. The predicted octanol–water partition coefficient (Wildman–Crippen LogP) is 1.27. The van der Waals surface area contributed by atoms with Gasteiger partial charge in [0.15, 0.2) is 9.84 Å². The second-order valence-corrected chi connectivity index (χ2v) is 8.19. The topological polar surface area (TPSA) is 107 Å². The van der Waals surface area contributed by atoms with E-state index >= 15 is 0 Å². The zero-order valence-corrected chi connectivity index (χ0v) is 14.0. The minimum absolute atomic E-state index is 0.0329. The van der Waals surface area contributed by atoms with Crippen molar-refractivity contribution in [2.75, 3.05) is 11.5 Å². The second-order valence-electron chi connectivity index (χ2n) is 5.96. The Morgan fingerprint density at radius 2 is 2.08 bits per heavy atom. The number of nitro benzene ring substituents is 1. The molecule has 3 rings (SSSR count). The molecule has 1 unspecified atom stereocenters. The van der Waals surface area contributed by atoms with Gasteiger partial charge >= 0.3 is 0 Å². The minimum Gasteiger partial charge on any atom is -0.309 e. The third kappa shape index (κ3) is 3.62. The van der Waals surface area contributed by atoms with E-state index in [4.69, 9.17) is 0 Å². The summed E-state index contributed by atoms with van der Waals surface area (Å²) >= 11 is 0. The van der Waals surface area contributed by atoms with E-state index in [2.05, 4.69) is 10.4 Å². The molecule has 2 heterocycles. The van der Waals surface area contributed by atoms with E-state index in [1.54, 1.807) is 23.9 Å². The summed E-state index contributed by atoms with van der Waals surface area (Å²) in [7, 11) is -1.11. The van der Waals surface area contributed by atoms with E-state index in [0.717, 1.165) is 16.8 Å². The van der Waals surface area contributed by atoms with Crippen LogP contribution in [0.5, 0.6) is 0 Å². The number of benzene rings is 1. The van der Waals surface area contributed by atoms with Gasteiger partial charge in [0.1, 0.15) is 0 Å². The smallest absolute Gasteiger partial charge is 0.269 e. The number of nitrogens with zero attached hydrogens (tertiary/aromatic N) is 3. The van der Waals surface area contributed by atoms with Gasteiger partial charge in [-0.25, -0.2) is 8.42 Å². The van der Waals surface area contributed by atoms with Crippen molar-refractivity contribution in [2.45, 2.75) is 19.0 Å². The van der Waals surface area contributed by atoms with Crippen molar-refractivity contribution >= 4 is 15.5 Å². The van der Waals surface area contributed by atoms with Gasteiger partial charge < -0.3 is 5.32 Å². The Bertz CT molecular complexity index is 858. The zero-order valence-electron chi connectivity index (χ0n) is 13.2. The Balaban J connectivity index is 1.76. The molecule has 1 fully saturated rings. The molecular weight excluding hydrogens is 332 g/mol. The predicted molar refractivity (Wildman–Crippen MR) is 89.2 cm³/mol.